The molecule has 0 spiro atoms. The molecular weight excluding hydrogens is 222 g/mol. The second kappa shape index (κ2) is 5.97. The van der Waals surface area contributed by atoms with Gasteiger partial charge in [-0.3, -0.25) is 9.11 Å². The van der Waals surface area contributed by atoms with Gasteiger partial charge in [-0.2, -0.15) is 4.21 Å². The van der Waals surface area contributed by atoms with Gasteiger partial charge in [-0.05, 0) is 38.9 Å². The molecule has 0 aromatic heterocycles. The van der Waals surface area contributed by atoms with Crippen LogP contribution in [-0.2, 0) is 19.4 Å². The lowest BCUT2D eigenvalue weighted by molar-refractivity contribution is 0.333. The maximum absolute atomic E-state index is 10.5. The molecular formula is C8H18NO3S2+. The summed E-state index contributed by atoms with van der Waals surface area (Å²) in [6, 6.07) is 0. The average Bonchev–Trinajstić information content (AvgIpc) is 2.54. The van der Waals surface area contributed by atoms with E-state index in [4.69, 9.17) is 9.11 Å². The van der Waals surface area contributed by atoms with Gasteiger partial charge < -0.3 is 4.90 Å². The lowest BCUT2D eigenvalue weighted by Gasteiger charge is -2.12. The number of rotatable bonds is 5. The van der Waals surface area contributed by atoms with E-state index in [2.05, 4.69) is 4.90 Å². The Bertz CT molecular complexity index is 260. The topological polar surface area (TPSA) is 60.8 Å². The molecule has 1 rings (SSSR count). The van der Waals surface area contributed by atoms with E-state index in [1.165, 1.54) is 25.9 Å². The Morgan fingerprint density at radius 3 is 2.43 bits per heavy atom. The SMILES string of the molecule is O=S(O)(O)=[S+]CCCCN1CCCC1. The first-order valence-corrected chi connectivity index (χ1v) is 7.91. The van der Waals surface area contributed by atoms with E-state index >= 15 is 0 Å². The zero-order valence-corrected chi connectivity index (χ0v) is 9.86. The Morgan fingerprint density at radius 1 is 1.21 bits per heavy atom. The Labute approximate surface area is 89.0 Å². The zero-order chi connectivity index (χ0) is 10.4. The van der Waals surface area contributed by atoms with Crippen LogP contribution in [0.25, 0.3) is 0 Å². The summed E-state index contributed by atoms with van der Waals surface area (Å²) in [5.41, 5.74) is 0. The first-order chi connectivity index (χ1) is 6.58. The third-order valence-electron chi connectivity index (χ3n) is 2.30. The second-order valence-electron chi connectivity index (χ2n) is 3.53. The molecule has 84 valence electrons. The van der Waals surface area contributed by atoms with Crippen LogP contribution in [-0.4, -0.2) is 43.6 Å². The van der Waals surface area contributed by atoms with Crippen molar-refractivity contribution in [2.75, 3.05) is 25.4 Å². The van der Waals surface area contributed by atoms with Crippen molar-refractivity contribution in [1.29, 1.82) is 0 Å². The van der Waals surface area contributed by atoms with Crippen LogP contribution in [0, 0.1) is 0 Å². The highest BCUT2D eigenvalue weighted by Crippen LogP contribution is 2.07. The third kappa shape index (κ3) is 5.87. The predicted octanol–water partition coefficient (Wildman–Crippen LogP) is 1.09. The van der Waals surface area contributed by atoms with Crippen molar-refractivity contribution in [1.82, 2.24) is 4.90 Å². The molecule has 0 atom stereocenters. The molecule has 4 nitrogen and oxygen atoms in total. The minimum Gasteiger partial charge on any atom is -0.303 e. The summed E-state index contributed by atoms with van der Waals surface area (Å²) in [5.74, 6) is 0.555. The molecule has 1 heterocycles. The Hall–Kier alpha value is 0.250. The fourth-order valence-electron chi connectivity index (χ4n) is 1.61. The molecule has 2 N–H and O–H groups in total. The first-order valence-electron chi connectivity index (χ1n) is 4.94. The van der Waals surface area contributed by atoms with E-state index in [1.54, 1.807) is 0 Å². The quantitative estimate of drug-likeness (QED) is 0.558. The van der Waals surface area contributed by atoms with Crippen LogP contribution in [0.1, 0.15) is 25.7 Å². The number of hydrogen-bond acceptors (Lipinski definition) is 2. The zero-order valence-electron chi connectivity index (χ0n) is 8.22. The fraction of sp³-hybridized carbons (Fsp3) is 1.00. The van der Waals surface area contributed by atoms with E-state index in [9.17, 15) is 4.21 Å². The molecule has 14 heavy (non-hydrogen) atoms. The minimum absolute atomic E-state index is 0.555. The van der Waals surface area contributed by atoms with Crippen molar-refractivity contribution in [2.45, 2.75) is 25.7 Å². The highest BCUT2D eigenvalue weighted by molar-refractivity contribution is 8.34. The summed E-state index contributed by atoms with van der Waals surface area (Å²) in [5, 5.41) is 0. The number of hydrogen-bond donors (Lipinski definition) is 2. The van der Waals surface area contributed by atoms with Crippen molar-refractivity contribution < 1.29 is 13.3 Å². The van der Waals surface area contributed by atoms with Crippen molar-refractivity contribution >= 4 is 19.4 Å². The van der Waals surface area contributed by atoms with Gasteiger partial charge in [-0.1, -0.05) is 0 Å². The normalized spacial score (nSPS) is 18.7. The molecule has 0 bridgehead atoms. The van der Waals surface area contributed by atoms with Crippen LogP contribution in [0.15, 0.2) is 0 Å². The van der Waals surface area contributed by atoms with E-state index in [0.717, 1.165) is 29.7 Å². The lowest BCUT2D eigenvalue weighted by Crippen LogP contribution is -2.20. The van der Waals surface area contributed by atoms with Crippen molar-refractivity contribution in [3.63, 3.8) is 0 Å². The molecule has 1 saturated heterocycles. The van der Waals surface area contributed by atoms with Gasteiger partial charge in [0.2, 0.25) is 0 Å². The summed E-state index contributed by atoms with van der Waals surface area (Å²) in [4.78, 5) is 2.42. The Kier molecular flexibility index (Phi) is 5.25. The second-order valence-corrected chi connectivity index (χ2v) is 7.08. The predicted molar refractivity (Wildman–Crippen MR) is 60.5 cm³/mol. The Balaban J connectivity index is 2.02. The molecule has 0 unspecified atom stereocenters. The van der Waals surface area contributed by atoms with Gasteiger partial charge in [0.15, 0.2) is 5.75 Å². The fourth-order valence-corrected chi connectivity index (χ4v) is 3.16. The number of likely N-dealkylation sites (tertiary alicyclic amines) is 1. The molecule has 0 aromatic rings. The standard InChI is InChI=1S/C8H17NO3S2/c10-14(11,12)13-8-4-3-7-9-5-1-2-6-9/h1-8H2,(H-,10,11,12)/p+1. The summed E-state index contributed by atoms with van der Waals surface area (Å²) >= 11 is 0. The number of nitrogens with zero attached hydrogens (tertiary/aromatic N) is 1. The summed E-state index contributed by atoms with van der Waals surface area (Å²) < 4.78 is 27.6. The van der Waals surface area contributed by atoms with E-state index in [1.807, 2.05) is 0 Å². The minimum atomic E-state index is -3.57. The van der Waals surface area contributed by atoms with Gasteiger partial charge in [0.25, 0.3) is 10.3 Å². The molecule has 0 saturated carbocycles. The van der Waals surface area contributed by atoms with Crippen molar-refractivity contribution in [3.8, 4) is 0 Å². The summed E-state index contributed by atoms with van der Waals surface area (Å²) in [6.07, 6.45) is 4.54. The molecule has 0 aromatic carbocycles. The van der Waals surface area contributed by atoms with E-state index < -0.39 is 9.05 Å². The van der Waals surface area contributed by atoms with Crippen LogP contribution in [0.2, 0.25) is 0 Å². The molecule has 1 aliphatic heterocycles. The Morgan fingerprint density at radius 2 is 1.86 bits per heavy atom. The van der Waals surface area contributed by atoms with Gasteiger partial charge in [-0.25, -0.2) is 0 Å². The van der Waals surface area contributed by atoms with Gasteiger partial charge in [-0.15, -0.1) is 0 Å². The molecule has 0 radical (unpaired) electrons. The summed E-state index contributed by atoms with van der Waals surface area (Å²) in [7, 11) is -2.83. The molecule has 1 aliphatic rings. The van der Waals surface area contributed by atoms with Gasteiger partial charge in [0, 0.05) is 6.42 Å². The highest BCUT2D eigenvalue weighted by atomic mass is 32.9. The third-order valence-corrected chi connectivity index (χ3v) is 4.49. The van der Waals surface area contributed by atoms with Gasteiger partial charge >= 0.3 is 9.05 Å². The maximum Gasteiger partial charge on any atom is 0.430 e. The molecule has 1 fully saturated rings. The van der Waals surface area contributed by atoms with Crippen LogP contribution < -0.4 is 0 Å². The van der Waals surface area contributed by atoms with E-state index in [0.29, 0.717) is 5.75 Å². The van der Waals surface area contributed by atoms with Crippen LogP contribution in [0.4, 0.5) is 0 Å². The largest absolute Gasteiger partial charge is 0.430 e. The average molecular weight is 240 g/mol. The maximum atomic E-state index is 10.5. The van der Waals surface area contributed by atoms with Crippen molar-refractivity contribution in [2.24, 2.45) is 0 Å². The first kappa shape index (κ1) is 12.3. The van der Waals surface area contributed by atoms with Crippen molar-refractivity contribution in [3.05, 3.63) is 0 Å². The van der Waals surface area contributed by atoms with Gasteiger partial charge in [0.1, 0.15) is 0 Å². The van der Waals surface area contributed by atoms with Crippen LogP contribution in [0.5, 0.6) is 0 Å². The lowest BCUT2D eigenvalue weighted by atomic mass is 10.3. The number of unbranched alkanes of at least 4 members (excludes halogenated alkanes) is 1. The van der Waals surface area contributed by atoms with Crippen LogP contribution in [0.3, 0.4) is 0 Å². The molecule has 0 aliphatic carbocycles. The molecule has 6 heteroatoms. The summed E-state index contributed by atoms with van der Waals surface area (Å²) in [6.45, 7) is 3.48. The van der Waals surface area contributed by atoms with Gasteiger partial charge in [0.05, 0.1) is 0 Å². The monoisotopic (exact) mass is 240 g/mol. The van der Waals surface area contributed by atoms with E-state index in [-0.39, 0.29) is 0 Å². The smallest absolute Gasteiger partial charge is 0.303 e. The highest BCUT2D eigenvalue weighted by Gasteiger charge is 2.12. The van der Waals surface area contributed by atoms with Crippen LogP contribution >= 0.6 is 0 Å². The molecule has 0 amide bonds.